The SMILES string of the molecule is Cc1cnc(-c2cccnc2)n1CC1CCCN(C(=O)CCCc2ccccc2)C1. The Kier molecular flexibility index (Phi) is 6.57. The van der Waals surface area contributed by atoms with Crippen molar-refractivity contribution in [2.24, 2.45) is 5.92 Å². The summed E-state index contributed by atoms with van der Waals surface area (Å²) in [6.45, 7) is 4.72. The number of hydrogen-bond donors (Lipinski definition) is 0. The topological polar surface area (TPSA) is 51.0 Å². The molecule has 1 aromatic carbocycles. The number of pyridine rings is 1. The van der Waals surface area contributed by atoms with E-state index in [9.17, 15) is 4.79 Å². The lowest BCUT2D eigenvalue weighted by atomic mass is 9.97. The highest BCUT2D eigenvalue weighted by Crippen LogP contribution is 2.24. The molecule has 0 saturated carbocycles. The summed E-state index contributed by atoms with van der Waals surface area (Å²) in [7, 11) is 0. The highest BCUT2D eigenvalue weighted by Gasteiger charge is 2.25. The zero-order valence-corrected chi connectivity index (χ0v) is 17.7. The molecule has 0 radical (unpaired) electrons. The molecule has 0 bridgehead atoms. The zero-order chi connectivity index (χ0) is 20.8. The monoisotopic (exact) mass is 402 g/mol. The van der Waals surface area contributed by atoms with E-state index >= 15 is 0 Å². The van der Waals surface area contributed by atoms with Gasteiger partial charge >= 0.3 is 0 Å². The summed E-state index contributed by atoms with van der Waals surface area (Å²) in [4.78, 5) is 23.7. The predicted molar refractivity (Wildman–Crippen MR) is 119 cm³/mol. The van der Waals surface area contributed by atoms with Gasteiger partial charge in [0.1, 0.15) is 5.82 Å². The molecule has 0 N–H and O–H groups in total. The van der Waals surface area contributed by atoms with Crippen molar-refractivity contribution < 1.29 is 4.79 Å². The molecule has 0 aliphatic carbocycles. The smallest absolute Gasteiger partial charge is 0.222 e. The van der Waals surface area contributed by atoms with Crippen molar-refractivity contribution in [1.29, 1.82) is 0 Å². The maximum Gasteiger partial charge on any atom is 0.222 e. The summed E-state index contributed by atoms with van der Waals surface area (Å²) in [6.07, 6.45) is 10.3. The van der Waals surface area contributed by atoms with Crippen molar-refractivity contribution in [2.75, 3.05) is 13.1 Å². The van der Waals surface area contributed by atoms with Crippen LogP contribution in [0, 0.1) is 12.8 Å². The van der Waals surface area contributed by atoms with Gasteiger partial charge in [-0.05, 0) is 56.2 Å². The number of amides is 1. The van der Waals surface area contributed by atoms with Crippen molar-refractivity contribution in [3.8, 4) is 11.4 Å². The first-order valence-corrected chi connectivity index (χ1v) is 10.9. The fourth-order valence-corrected chi connectivity index (χ4v) is 4.36. The average Bonchev–Trinajstić information content (AvgIpc) is 3.15. The summed E-state index contributed by atoms with van der Waals surface area (Å²) in [5, 5.41) is 0. The molecular formula is C25H30N4O. The third-order valence-electron chi connectivity index (χ3n) is 5.99. The lowest BCUT2D eigenvalue weighted by Crippen LogP contribution is -2.41. The number of carbonyl (C=O) groups excluding carboxylic acids is 1. The maximum atomic E-state index is 12.8. The molecule has 2 aromatic heterocycles. The lowest BCUT2D eigenvalue weighted by Gasteiger charge is -2.33. The molecule has 0 spiro atoms. The van der Waals surface area contributed by atoms with Crippen LogP contribution in [0.5, 0.6) is 0 Å². The summed E-state index contributed by atoms with van der Waals surface area (Å²) < 4.78 is 2.28. The molecule has 1 fully saturated rings. The van der Waals surface area contributed by atoms with E-state index in [1.165, 1.54) is 5.56 Å². The van der Waals surface area contributed by atoms with Crippen LogP contribution in [0.15, 0.2) is 61.1 Å². The quantitative estimate of drug-likeness (QED) is 0.584. The highest BCUT2D eigenvalue weighted by molar-refractivity contribution is 5.76. The van der Waals surface area contributed by atoms with E-state index in [4.69, 9.17) is 0 Å². The van der Waals surface area contributed by atoms with Crippen molar-refractivity contribution >= 4 is 5.91 Å². The first-order valence-electron chi connectivity index (χ1n) is 10.9. The average molecular weight is 403 g/mol. The van der Waals surface area contributed by atoms with Gasteiger partial charge in [-0.3, -0.25) is 9.78 Å². The van der Waals surface area contributed by atoms with Gasteiger partial charge in [-0.25, -0.2) is 4.98 Å². The maximum absolute atomic E-state index is 12.8. The van der Waals surface area contributed by atoms with Crippen molar-refractivity contribution in [3.05, 3.63) is 72.3 Å². The van der Waals surface area contributed by atoms with Crippen LogP contribution in [-0.4, -0.2) is 38.4 Å². The Labute approximate surface area is 178 Å². The number of benzene rings is 1. The van der Waals surface area contributed by atoms with E-state index in [1.54, 1.807) is 6.20 Å². The minimum Gasteiger partial charge on any atom is -0.342 e. The molecule has 3 heterocycles. The summed E-state index contributed by atoms with van der Waals surface area (Å²) in [5.74, 6) is 1.72. The molecule has 1 aliphatic rings. The molecule has 4 rings (SSSR count). The first kappa shape index (κ1) is 20.3. The van der Waals surface area contributed by atoms with Crippen molar-refractivity contribution in [1.82, 2.24) is 19.4 Å². The normalized spacial score (nSPS) is 16.6. The first-order chi connectivity index (χ1) is 14.7. The van der Waals surface area contributed by atoms with E-state index in [0.29, 0.717) is 18.2 Å². The second kappa shape index (κ2) is 9.70. The Morgan fingerprint density at radius 3 is 2.80 bits per heavy atom. The Hall–Kier alpha value is -2.95. The molecular weight excluding hydrogens is 372 g/mol. The number of rotatable bonds is 7. The fraction of sp³-hybridized carbons (Fsp3) is 0.400. The van der Waals surface area contributed by atoms with Crippen LogP contribution < -0.4 is 0 Å². The number of likely N-dealkylation sites (tertiary alicyclic amines) is 1. The fourth-order valence-electron chi connectivity index (χ4n) is 4.36. The second-order valence-corrected chi connectivity index (χ2v) is 8.26. The van der Waals surface area contributed by atoms with Crippen molar-refractivity contribution in [3.63, 3.8) is 0 Å². The van der Waals surface area contributed by atoms with E-state index in [2.05, 4.69) is 56.7 Å². The van der Waals surface area contributed by atoms with E-state index in [0.717, 1.165) is 62.4 Å². The van der Waals surface area contributed by atoms with Gasteiger partial charge in [0, 0.05) is 55.9 Å². The predicted octanol–water partition coefficient (Wildman–Crippen LogP) is 4.52. The number of aromatic nitrogens is 3. The number of nitrogens with zero attached hydrogens (tertiary/aromatic N) is 4. The highest BCUT2D eigenvalue weighted by atomic mass is 16.2. The molecule has 30 heavy (non-hydrogen) atoms. The van der Waals surface area contributed by atoms with Crippen LogP contribution >= 0.6 is 0 Å². The largest absolute Gasteiger partial charge is 0.342 e. The Morgan fingerprint density at radius 2 is 2.00 bits per heavy atom. The summed E-state index contributed by atoms with van der Waals surface area (Å²) in [5.41, 5.74) is 3.50. The standard InChI is InChI=1S/C25H30N4O/c1-20-16-27-25(23-12-6-14-26-17-23)29(20)19-22-11-7-15-28(18-22)24(30)13-5-10-21-8-3-2-4-9-21/h2-4,6,8-9,12,14,16-17,22H,5,7,10-11,13,15,18-19H2,1H3. The van der Waals surface area contributed by atoms with Gasteiger partial charge in [0.05, 0.1) is 0 Å². The number of hydrogen-bond acceptors (Lipinski definition) is 3. The van der Waals surface area contributed by atoms with E-state index in [-0.39, 0.29) is 0 Å². The van der Waals surface area contributed by atoms with Crippen LogP contribution in [0.4, 0.5) is 0 Å². The number of carbonyl (C=O) groups is 1. The molecule has 5 heteroatoms. The minimum atomic E-state index is 0.297. The Morgan fingerprint density at radius 1 is 1.13 bits per heavy atom. The van der Waals surface area contributed by atoms with Crippen molar-refractivity contribution in [2.45, 2.75) is 45.6 Å². The van der Waals surface area contributed by atoms with E-state index < -0.39 is 0 Å². The molecule has 1 atom stereocenters. The molecule has 156 valence electrons. The summed E-state index contributed by atoms with van der Waals surface area (Å²) >= 11 is 0. The zero-order valence-electron chi connectivity index (χ0n) is 17.7. The molecule has 1 aliphatic heterocycles. The molecule has 1 saturated heterocycles. The van der Waals surface area contributed by atoms with Gasteiger partial charge < -0.3 is 9.47 Å². The molecule has 1 unspecified atom stereocenters. The van der Waals surface area contributed by atoms with Crippen LogP contribution in [-0.2, 0) is 17.8 Å². The third kappa shape index (κ3) is 4.96. The molecule has 5 nitrogen and oxygen atoms in total. The van der Waals surface area contributed by atoms with Gasteiger partial charge in [0.25, 0.3) is 0 Å². The lowest BCUT2D eigenvalue weighted by molar-refractivity contribution is -0.133. The van der Waals surface area contributed by atoms with Gasteiger partial charge in [-0.2, -0.15) is 0 Å². The Bertz CT molecular complexity index is 952. The third-order valence-corrected chi connectivity index (χ3v) is 5.99. The van der Waals surface area contributed by atoms with Crippen LogP contribution in [0.2, 0.25) is 0 Å². The van der Waals surface area contributed by atoms with Crippen LogP contribution in [0.3, 0.4) is 0 Å². The van der Waals surface area contributed by atoms with Crippen LogP contribution in [0.25, 0.3) is 11.4 Å². The van der Waals surface area contributed by atoms with Crippen LogP contribution in [0.1, 0.15) is 36.9 Å². The molecule has 1 amide bonds. The number of aryl methyl sites for hydroxylation is 2. The minimum absolute atomic E-state index is 0.297. The molecule has 3 aromatic rings. The Balaban J connectivity index is 1.34. The van der Waals surface area contributed by atoms with Gasteiger partial charge in [-0.1, -0.05) is 30.3 Å². The summed E-state index contributed by atoms with van der Waals surface area (Å²) in [6, 6.07) is 14.4. The van der Waals surface area contributed by atoms with E-state index in [1.807, 2.05) is 24.5 Å². The second-order valence-electron chi connectivity index (χ2n) is 8.26. The number of imidazole rings is 1. The van der Waals surface area contributed by atoms with Gasteiger partial charge in [0.15, 0.2) is 0 Å². The number of piperidine rings is 1. The van der Waals surface area contributed by atoms with Gasteiger partial charge in [-0.15, -0.1) is 0 Å². The van der Waals surface area contributed by atoms with Gasteiger partial charge in [0.2, 0.25) is 5.91 Å².